The number of pyridine rings is 1. The lowest BCUT2D eigenvalue weighted by atomic mass is 9.97. The summed E-state index contributed by atoms with van der Waals surface area (Å²) in [4.78, 5) is 37.6. The van der Waals surface area contributed by atoms with Crippen LogP contribution in [0.2, 0.25) is 0 Å². The first-order chi connectivity index (χ1) is 17.9. The van der Waals surface area contributed by atoms with Crippen LogP contribution in [0, 0.1) is 5.41 Å². The summed E-state index contributed by atoms with van der Waals surface area (Å²) in [6.07, 6.45) is 3.91. The number of thiazole rings is 1. The van der Waals surface area contributed by atoms with Crippen molar-refractivity contribution in [3.63, 3.8) is 0 Å². The maximum absolute atomic E-state index is 12.4. The number of nitrogens with zero attached hydrogens (tertiary/aromatic N) is 4. The lowest BCUT2D eigenvalue weighted by Crippen LogP contribution is -2.30. The van der Waals surface area contributed by atoms with E-state index in [0.717, 1.165) is 26.9 Å². The Morgan fingerprint density at radius 3 is 2.53 bits per heavy atom. The van der Waals surface area contributed by atoms with Gasteiger partial charge in [0, 0.05) is 41.9 Å². The van der Waals surface area contributed by atoms with Crippen LogP contribution < -0.4 is 10.6 Å². The van der Waals surface area contributed by atoms with Crippen molar-refractivity contribution in [2.75, 3.05) is 11.9 Å². The number of fused-ring (bicyclic) bond motifs is 1. The van der Waals surface area contributed by atoms with E-state index in [1.807, 2.05) is 65.8 Å². The van der Waals surface area contributed by atoms with Crippen molar-refractivity contribution in [3.05, 3.63) is 53.9 Å². The van der Waals surface area contributed by atoms with Gasteiger partial charge in [0.15, 0.2) is 11.0 Å². The Balaban J connectivity index is 1.35. The number of nitrogens with one attached hydrogen (secondary N) is 2. The number of esters is 1. The molecule has 0 saturated heterocycles. The first-order valence-electron chi connectivity index (χ1n) is 12.3. The van der Waals surface area contributed by atoms with Crippen molar-refractivity contribution in [2.24, 2.45) is 5.41 Å². The van der Waals surface area contributed by atoms with Gasteiger partial charge in [-0.1, -0.05) is 43.3 Å². The Labute approximate surface area is 225 Å². The number of ether oxygens (including phenoxy) is 1. The third-order valence-corrected chi connectivity index (χ3v) is 6.40. The molecule has 3 aromatic heterocycles. The van der Waals surface area contributed by atoms with Gasteiger partial charge in [-0.3, -0.25) is 15.1 Å². The van der Waals surface area contributed by atoms with Crippen LogP contribution in [0.5, 0.6) is 0 Å². The van der Waals surface area contributed by atoms with Crippen LogP contribution in [0.3, 0.4) is 0 Å². The van der Waals surface area contributed by atoms with Gasteiger partial charge in [-0.2, -0.15) is 4.98 Å². The number of benzene rings is 1. The van der Waals surface area contributed by atoms with Crippen LogP contribution in [0.4, 0.5) is 9.93 Å². The van der Waals surface area contributed by atoms with Gasteiger partial charge in [-0.05, 0) is 44.5 Å². The second-order valence-corrected chi connectivity index (χ2v) is 12.0. The normalized spacial score (nSPS) is 11.9. The molecular formula is C27H32N6O4S. The predicted octanol–water partition coefficient (Wildman–Crippen LogP) is 5.49. The van der Waals surface area contributed by atoms with Gasteiger partial charge in [0.05, 0.1) is 15.6 Å². The number of hydrogen-bond acceptors (Lipinski definition) is 9. The molecule has 0 aliphatic rings. The van der Waals surface area contributed by atoms with E-state index in [4.69, 9.17) is 9.26 Å². The molecule has 200 valence electrons. The summed E-state index contributed by atoms with van der Waals surface area (Å²) < 4.78 is 11.6. The van der Waals surface area contributed by atoms with E-state index in [1.165, 1.54) is 11.3 Å². The molecule has 0 fully saturated rings. The van der Waals surface area contributed by atoms with Crippen LogP contribution >= 0.6 is 11.3 Å². The minimum Gasteiger partial charge on any atom is -0.460 e. The Morgan fingerprint density at radius 1 is 1.03 bits per heavy atom. The van der Waals surface area contributed by atoms with E-state index in [9.17, 15) is 9.59 Å². The molecule has 4 aromatic rings. The van der Waals surface area contributed by atoms with Crippen molar-refractivity contribution < 1.29 is 18.8 Å². The predicted molar refractivity (Wildman–Crippen MR) is 146 cm³/mol. The molecule has 0 saturated carbocycles. The van der Waals surface area contributed by atoms with Crippen LogP contribution in [0.1, 0.15) is 58.8 Å². The van der Waals surface area contributed by atoms with Crippen molar-refractivity contribution >= 4 is 38.7 Å². The molecule has 3 heterocycles. The number of carbonyl (C=O) groups excluding carboxylic acids is 2. The first kappa shape index (κ1) is 27.2. The molecule has 38 heavy (non-hydrogen) atoms. The minimum atomic E-state index is -0.560. The Hall–Kier alpha value is -3.86. The van der Waals surface area contributed by atoms with Crippen molar-refractivity contribution in [1.82, 2.24) is 25.4 Å². The van der Waals surface area contributed by atoms with Gasteiger partial charge < -0.3 is 14.6 Å². The SMILES string of the molecule is CC(C)(C)C(=O)OCc1cncc(-c2ccc3nc(NC(=O)NCCc4noc(C(C)(C)C)n4)sc3c2)c1. The standard InChI is InChI=1S/C27H32N6O4S/c1-26(2,3)22-31-21(33-37-22)9-10-29-24(35)32-25-30-19-8-7-17(12-20(19)38-25)18-11-16(13-28-14-18)15-36-23(34)27(4,5)6/h7-8,11-14H,9-10,15H2,1-6H3,(H2,29,30,32,35). The molecule has 0 aliphatic heterocycles. The molecule has 11 heteroatoms. The molecule has 0 spiro atoms. The Kier molecular flexibility index (Phi) is 7.77. The molecule has 0 atom stereocenters. The third-order valence-electron chi connectivity index (χ3n) is 5.46. The smallest absolute Gasteiger partial charge is 0.321 e. The molecule has 2 N–H and O–H groups in total. The summed E-state index contributed by atoms with van der Waals surface area (Å²) in [7, 11) is 0. The van der Waals surface area contributed by atoms with Crippen molar-refractivity contribution in [1.29, 1.82) is 0 Å². The van der Waals surface area contributed by atoms with Gasteiger partial charge in [0.2, 0.25) is 5.89 Å². The summed E-state index contributed by atoms with van der Waals surface area (Å²) >= 11 is 1.38. The van der Waals surface area contributed by atoms with Gasteiger partial charge in [0.1, 0.15) is 6.61 Å². The highest BCUT2D eigenvalue weighted by atomic mass is 32.1. The van der Waals surface area contributed by atoms with E-state index in [-0.39, 0.29) is 24.0 Å². The lowest BCUT2D eigenvalue weighted by Gasteiger charge is -2.16. The molecular weight excluding hydrogens is 504 g/mol. The summed E-state index contributed by atoms with van der Waals surface area (Å²) in [6.45, 7) is 12.0. The van der Waals surface area contributed by atoms with E-state index in [1.54, 1.807) is 12.4 Å². The summed E-state index contributed by atoms with van der Waals surface area (Å²) in [5.74, 6) is 0.855. The molecule has 0 aliphatic carbocycles. The fourth-order valence-electron chi connectivity index (χ4n) is 3.34. The monoisotopic (exact) mass is 536 g/mol. The number of anilines is 1. The fraction of sp³-hybridized carbons (Fsp3) is 0.407. The van der Waals surface area contributed by atoms with Gasteiger partial charge in [-0.25, -0.2) is 9.78 Å². The Morgan fingerprint density at radius 2 is 1.82 bits per heavy atom. The molecule has 4 rings (SSSR count). The number of aromatic nitrogens is 4. The number of rotatable bonds is 7. The summed E-state index contributed by atoms with van der Waals surface area (Å²) in [5, 5.41) is 10.0. The van der Waals surface area contributed by atoms with Crippen LogP contribution in [-0.4, -0.2) is 38.7 Å². The van der Waals surface area contributed by atoms with Crippen LogP contribution in [-0.2, 0) is 28.0 Å². The molecule has 0 unspecified atom stereocenters. The van der Waals surface area contributed by atoms with Crippen molar-refractivity contribution in [2.45, 2.75) is 60.0 Å². The fourth-order valence-corrected chi connectivity index (χ4v) is 4.24. The lowest BCUT2D eigenvalue weighted by molar-refractivity contribution is -0.154. The second kappa shape index (κ2) is 10.9. The van der Waals surface area contributed by atoms with E-state index in [2.05, 4.69) is 30.7 Å². The highest BCUT2D eigenvalue weighted by Gasteiger charge is 2.23. The maximum atomic E-state index is 12.4. The molecule has 0 radical (unpaired) electrons. The number of hydrogen-bond donors (Lipinski definition) is 2. The van der Waals surface area contributed by atoms with Gasteiger partial charge >= 0.3 is 12.0 Å². The molecule has 10 nitrogen and oxygen atoms in total. The average molecular weight is 537 g/mol. The number of amides is 2. The van der Waals surface area contributed by atoms with E-state index >= 15 is 0 Å². The second-order valence-electron chi connectivity index (χ2n) is 11.0. The highest BCUT2D eigenvalue weighted by molar-refractivity contribution is 7.22. The zero-order chi connectivity index (χ0) is 27.5. The van der Waals surface area contributed by atoms with Gasteiger partial charge in [-0.15, -0.1) is 0 Å². The quantitative estimate of drug-likeness (QED) is 0.296. The first-order valence-corrected chi connectivity index (χ1v) is 13.1. The van der Waals surface area contributed by atoms with E-state index in [0.29, 0.717) is 29.8 Å². The zero-order valence-electron chi connectivity index (χ0n) is 22.4. The van der Waals surface area contributed by atoms with E-state index < -0.39 is 5.41 Å². The van der Waals surface area contributed by atoms with Crippen molar-refractivity contribution in [3.8, 4) is 11.1 Å². The topological polar surface area (TPSA) is 132 Å². The largest absolute Gasteiger partial charge is 0.460 e. The Bertz CT molecular complexity index is 1450. The molecule has 2 amide bonds. The summed E-state index contributed by atoms with van der Waals surface area (Å²) in [5.41, 5.74) is 2.65. The van der Waals surface area contributed by atoms with Gasteiger partial charge in [0.25, 0.3) is 0 Å². The zero-order valence-corrected chi connectivity index (χ0v) is 23.2. The number of urea groups is 1. The third kappa shape index (κ3) is 6.91. The van der Waals surface area contributed by atoms with Crippen LogP contribution in [0.25, 0.3) is 21.3 Å². The molecule has 1 aromatic carbocycles. The molecule has 0 bridgehead atoms. The minimum absolute atomic E-state index is 0.160. The number of carbonyl (C=O) groups is 2. The average Bonchev–Trinajstić information content (AvgIpc) is 3.48. The van der Waals surface area contributed by atoms with Crippen LogP contribution in [0.15, 0.2) is 41.2 Å². The maximum Gasteiger partial charge on any atom is 0.321 e. The highest BCUT2D eigenvalue weighted by Crippen LogP contribution is 2.31. The summed E-state index contributed by atoms with van der Waals surface area (Å²) in [6, 6.07) is 7.45.